The second-order valence-electron chi connectivity index (χ2n) is 13.3. The summed E-state index contributed by atoms with van der Waals surface area (Å²) in [7, 11) is 0. The molecule has 1 aliphatic heterocycles. The summed E-state index contributed by atoms with van der Waals surface area (Å²) in [4.78, 5) is 27.9. The summed E-state index contributed by atoms with van der Waals surface area (Å²) in [5, 5.41) is 76.4. The maximum absolute atomic E-state index is 14.8. The number of carbonyl (C=O) groups excluding carboxylic acids is 2. The van der Waals surface area contributed by atoms with E-state index in [0.717, 1.165) is 17.2 Å². The van der Waals surface area contributed by atoms with E-state index in [2.05, 4.69) is 0 Å². The number of phenols is 7. The Hall–Kier alpha value is -5.90. The smallest absolute Gasteiger partial charge is 0.171 e. The highest BCUT2D eigenvalue weighted by atomic mass is 16.5. The minimum Gasteiger partial charge on any atom is -0.508 e. The van der Waals surface area contributed by atoms with Gasteiger partial charge in [0.25, 0.3) is 0 Å². The number of rotatable bonds is 7. The Labute approximate surface area is 288 Å². The van der Waals surface area contributed by atoms with E-state index in [0.29, 0.717) is 5.56 Å². The summed E-state index contributed by atoms with van der Waals surface area (Å²) in [6.07, 6.45) is 2.84. The van der Waals surface area contributed by atoms with Crippen LogP contribution in [0, 0.1) is 5.92 Å². The number of aromatic hydroxyl groups is 7. The Morgan fingerprint density at radius 1 is 0.800 bits per heavy atom. The van der Waals surface area contributed by atoms with Crippen molar-refractivity contribution in [2.75, 3.05) is 0 Å². The van der Waals surface area contributed by atoms with Crippen molar-refractivity contribution >= 4 is 11.6 Å². The van der Waals surface area contributed by atoms with Crippen LogP contribution < -0.4 is 4.74 Å². The van der Waals surface area contributed by atoms with Gasteiger partial charge in [0, 0.05) is 46.6 Å². The molecule has 10 nitrogen and oxygen atoms in total. The molecule has 10 heteroatoms. The Morgan fingerprint density at radius 2 is 1.48 bits per heavy atom. The van der Waals surface area contributed by atoms with Crippen LogP contribution in [0.25, 0.3) is 0 Å². The van der Waals surface area contributed by atoms with Crippen molar-refractivity contribution in [2.45, 2.75) is 58.0 Å². The molecule has 2 aliphatic rings. The minimum atomic E-state index is -1.14. The number of carbonyl (C=O) groups is 2. The third-order valence-electron chi connectivity index (χ3n) is 9.59. The summed E-state index contributed by atoms with van der Waals surface area (Å²) >= 11 is 0. The lowest BCUT2D eigenvalue weighted by molar-refractivity contribution is 0.0846. The van der Waals surface area contributed by atoms with Crippen LogP contribution in [-0.2, 0) is 6.42 Å². The van der Waals surface area contributed by atoms with Crippen molar-refractivity contribution in [2.24, 2.45) is 5.92 Å². The van der Waals surface area contributed by atoms with Crippen LogP contribution in [-0.4, -0.2) is 47.3 Å². The molecule has 4 atom stereocenters. The van der Waals surface area contributed by atoms with Gasteiger partial charge in [0.15, 0.2) is 11.6 Å². The van der Waals surface area contributed by atoms with Crippen LogP contribution in [0.15, 0.2) is 84.0 Å². The van der Waals surface area contributed by atoms with E-state index in [1.54, 1.807) is 12.2 Å². The molecule has 4 unspecified atom stereocenters. The number of fused-ring (bicyclic) bond motifs is 1. The van der Waals surface area contributed by atoms with E-state index in [-0.39, 0.29) is 87.4 Å². The molecular weight excluding hydrogens is 640 g/mol. The second kappa shape index (κ2) is 13.2. The fourth-order valence-corrected chi connectivity index (χ4v) is 7.16. The summed E-state index contributed by atoms with van der Waals surface area (Å²) < 4.78 is 6.07. The summed E-state index contributed by atoms with van der Waals surface area (Å²) in [6.45, 7) is 5.55. The summed E-state index contributed by atoms with van der Waals surface area (Å²) in [5.41, 5.74) is 2.52. The van der Waals surface area contributed by atoms with Crippen LogP contribution in [0.3, 0.4) is 0 Å². The molecule has 1 aliphatic carbocycles. The zero-order valence-electron chi connectivity index (χ0n) is 27.7. The molecule has 7 N–H and O–H groups in total. The first-order valence-electron chi connectivity index (χ1n) is 16.2. The van der Waals surface area contributed by atoms with Gasteiger partial charge in [0.1, 0.15) is 52.1 Å². The number of hydrogen-bond donors (Lipinski definition) is 7. The third-order valence-corrected chi connectivity index (χ3v) is 9.59. The monoisotopic (exact) mass is 678 g/mol. The number of Topliss-reactive ketones (excluding diaryl/α,β-unsaturated/α-hetero) is 2. The van der Waals surface area contributed by atoms with Crippen molar-refractivity contribution in [1.82, 2.24) is 0 Å². The van der Waals surface area contributed by atoms with Crippen molar-refractivity contribution in [3.63, 3.8) is 0 Å². The van der Waals surface area contributed by atoms with E-state index in [1.165, 1.54) is 54.6 Å². The lowest BCUT2D eigenvalue weighted by atomic mass is 9.65. The number of phenolic OH excluding ortho intramolecular Hbond substituents is 7. The zero-order valence-corrected chi connectivity index (χ0v) is 27.7. The lowest BCUT2D eigenvalue weighted by Gasteiger charge is -2.38. The van der Waals surface area contributed by atoms with E-state index >= 15 is 0 Å². The molecule has 0 saturated carbocycles. The summed E-state index contributed by atoms with van der Waals surface area (Å²) in [5.74, 6) is -5.57. The number of ether oxygens (including phenoxy) is 1. The normalized spacial score (nSPS) is 20.0. The van der Waals surface area contributed by atoms with Gasteiger partial charge >= 0.3 is 0 Å². The first kappa shape index (κ1) is 34.0. The molecule has 258 valence electrons. The van der Waals surface area contributed by atoms with Crippen molar-refractivity contribution in [3.8, 4) is 46.0 Å². The maximum atomic E-state index is 14.8. The molecule has 0 fully saturated rings. The van der Waals surface area contributed by atoms with Gasteiger partial charge in [-0.3, -0.25) is 9.59 Å². The second-order valence-corrected chi connectivity index (χ2v) is 13.3. The number of hydrogen-bond acceptors (Lipinski definition) is 10. The zero-order chi connectivity index (χ0) is 36.0. The molecule has 6 rings (SSSR count). The predicted molar refractivity (Wildman–Crippen MR) is 185 cm³/mol. The van der Waals surface area contributed by atoms with E-state index in [1.807, 2.05) is 20.8 Å². The molecule has 0 amide bonds. The molecule has 1 heterocycles. The van der Waals surface area contributed by atoms with Gasteiger partial charge in [-0.25, -0.2) is 0 Å². The first-order chi connectivity index (χ1) is 23.7. The van der Waals surface area contributed by atoms with Crippen molar-refractivity contribution < 1.29 is 50.1 Å². The fraction of sp³-hybridized carbons (Fsp3) is 0.250. The number of benzene rings is 4. The van der Waals surface area contributed by atoms with Crippen LogP contribution in [0.4, 0.5) is 0 Å². The Balaban J connectivity index is 1.52. The van der Waals surface area contributed by atoms with Gasteiger partial charge in [-0.15, -0.1) is 0 Å². The highest BCUT2D eigenvalue weighted by molar-refractivity contribution is 6.03. The SMILES string of the molecule is CC(C)=CCc1c(O)ccc(C(=O)C2C(c3c(O)ccc(C4CC(=O)c5ccc(O)cc5O4)c3O)C=C(C)CC2c2ccc(O)cc2O)c1O. The highest BCUT2D eigenvalue weighted by Gasteiger charge is 2.44. The van der Waals surface area contributed by atoms with E-state index < -0.39 is 41.1 Å². The topological polar surface area (TPSA) is 185 Å². The quantitative estimate of drug-likeness (QED) is 0.0760. The largest absolute Gasteiger partial charge is 0.508 e. The van der Waals surface area contributed by atoms with E-state index in [9.17, 15) is 45.3 Å². The van der Waals surface area contributed by atoms with Gasteiger partial charge < -0.3 is 40.5 Å². The predicted octanol–water partition coefficient (Wildman–Crippen LogP) is 7.56. The molecule has 50 heavy (non-hydrogen) atoms. The lowest BCUT2D eigenvalue weighted by Crippen LogP contribution is -2.32. The van der Waals surface area contributed by atoms with Crippen LogP contribution in [0.5, 0.6) is 46.0 Å². The van der Waals surface area contributed by atoms with Gasteiger partial charge in [-0.05, 0) is 81.6 Å². The third kappa shape index (κ3) is 6.20. The van der Waals surface area contributed by atoms with Crippen molar-refractivity contribution in [3.05, 3.63) is 117 Å². The molecule has 0 radical (unpaired) electrons. The molecule has 4 aromatic rings. The standard InChI is InChI=1S/C40H38O10/c1-19(2)4-7-25-30(43)12-11-27(38(25)47)40(49)36-28(23-8-5-21(41)16-32(23)45)14-20(3)15-29(36)37-31(44)13-10-26(39(37)48)35-18-33(46)24-9-6-22(42)17-34(24)50-35/h4-6,8-13,15-17,28-29,35-36,41-45,47-48H,7,14,18H2,1-3H3. The van der Waals surface area contributed by atoms with Crippen molar-refractivity contribution in [1.29, 1.82) is 0 Å². The average molecular weight is 679 g/mol. The molecular formula is C40H38O10. The highest BCUT2D eigenvalue weighted by Crippen LogP contribution is 2.54. The van der Waals surface area contributed by atoms with E-state index in [4.69, 9.17) is 4.74 Å². The Kier molecular flexibility index (Phi) is 8.96. The Bertz CT molecular complexity index is 2090. The average Bonchev–Trinajstić information content (AvgIpc) is 3.04. The summed E-state index contributed by atoms with van der Waals surface area (Å²) in [6, 6.07) is 13.6. The molecule has 0 spiro atoms. The van der Waals surface area contributed by atoms with Gasteiger partial charge in [-0.1, -0.05) is 29.4 Å². The van der Waals surface area contributed by atoms with Crippen LogP contribution in [0.1, 0.15) is 94.5 Å². The van der Waals surface area contributed by atoms with Gasteiger partial charge in [0.05, 0.1) is 17.5 Å². The first-order valence-corrected chi connectivity index (χ1v) is 16.2. The van der Waals surface area contributed by atoms with Crippen LogP contribution >= 0.6 is 0 Å². The number of ketones is 2. The number of allylic oxidation sites excluding steroid dienone is 4. The van der Waals surface area contributed by atoms with Gasteiger partial charge in [0.2, 0.25) is 0 Å². The molecule has 0 bridgehead atoms. The Morgan fingerprint density at radius 3 is 2.20 bits per heavy atom. The molecule has 0 saturated heterocycles. The minimum absolute atomic E-state index is 0.0241. The van der Waals surface area contributed by atoms with Crippen LogP contribution in [0.2, 0.25) is 0 Å². The molecule has 4 aromatic carbocycles. The van der Waals surface area contributed by atoms with Gasteiger partial charge in [-0.2, -0.15) is 0 Å². The maximum Gasteiger partial charge on any atom is 0.171 e. The molecule has 0 aromatic heterocycles. The fourth-order valence-electron chi connectivity index (χ4n) is 7.16.